The molecule has 176 valence electrons. The molecule has 0 unspecified atom stereocenters. The van der Waals surface area contributed by atoms with Crippen LogP contribution in [0.3, 0.4) is 0 Å². The largest absolute Gasteiger partial charge is 0.383 e. The monoisotopic (exact) mass is 460 g/mol. The number of hydrogen-bond donors (Lipinski definition) is 3. The minimum atomic E-state index is -0.254. The lowest BCUT2D eigenvalue weighted by atomic mass is 10.1. The lowest BCUT2D eigenvalue weighted by Crippen LogP contribution is -2.27. The number of methoxy groups -OCH3 is 1. The quantitative estimate of drug-likeness (QED) is 0.403. The molecule has 0 aliphatic heterocycles. The molecule has 0 spiro atoms. The van der Waals surface area contributed by atoms with Gasteiger partial charge >= 0.3 is 0 Å². The molecule has 3 aromatic rings. The molecule has 0 saturated heterocycles. The molecule has 0 aromatic heterocycles. The molecule has 0 aliphatic carbocycles. The highest BCUT2D eigenvalue weighted by atomic mass is 16.5. The first-order chi connectivity index (χ1) is 16.5. The molecule has 0 heterocycles. The fraction of sp³-hybridized carbons (Fsp3) is 0.192. The minimum absolute atomic E-state index is 0.0200. The number of carbonyl (C=O) groups excluding carboxylic acids is 3. The van der Waals surface area contributed by atoms with Gasteiger partial charge in [0.2, 0.25) is 5.91 Å². The van der Waals surface area contributed by atoms with Gasteiger partial charge in [0.1, 0.15) is 0 Å². The maximum Gasteiger partial charge on any atom is 0.258 e. The van der Waals surface area contributed by atoms with Crippen LogP contribution in [0.1, 0.15) is 20.7 Å². The Balaban J connectivity index is 1.51. The topological polar surface area (TPSA) is 99.8 Å². The van der Waals surface area contributed by atoms with Gasteiger partial charge in [0.15, 0.2) is 0 Å². The van der Waals surface area contributed by atoms with Gasteiger partial charge < -0.3 is 25.6 Å². The summed E-state index contributed by atoms with van der Waals surface area (Å²) in [5.41, 5.74) is 3.04. The van der Waals surface area contributed by atoms with Crippen LogP contribution in [0.4, 0.5) is 17.1 Å². The molecular formula is C26H28N4O4. The third-order valence-electron chi connectivity index (χ3n) is 5.03. The predicted octanol–water partition coefficient (Wildman–Crippen LogP) is 3.39. The van der Waals surface area contributed by atoms with E-state index in [0.29, 0.717) is 35.7 Å². The second kappa shape index (κ2) is 12.2. The second-order valence-electron chi connectivity index (χ2n) is 7.51. The minimum Gasteiger partial charge on any atom is -0.383 e. The molecule has 34 heavy (non-hydrogen) atoms. The maximum atomic E-state index is 12.7. The molecule has 0 fully saturated rings. The van der Waals surface area contributed by atoms with Gasteiger partial charge in [0.05, 0.1) is 13.2 Å². The third kappa shape index (κ3) is 6.91. The first-order valence-electron chi connectivity index (χ1n) is 10.8. The van der Waals surface area contributed by atoms with Gasteiger partial charge in [-0.05, 0) is 54.6 Å². The van der Waals surface area contributed by atoms with Crippen LogP contribution in [-0.4, -0.2) is 51.6 Å². The van der Waals surface area contributed by atoms with E-state index >= 15 is 0 Å². The molecule has 3 amide bonds. The fourth-order valence-electron chi connectivity index (χ4n) is 3.19. The average molecular weight is 461 g/mol. The number of rotatable bonds is 10. The molecule has 3 N–H and O–H groups in total. The van der Waals surface area contributed by atoms with Crippen molar-refractivity contribution in [3.05, 3.63) is 90.0 Å². The van der Waals surface area contributed by atoms with Crippen LogP contribution < -0.4 is 20.9 Å². The number of anilines is 3. The second-order valence-corrected chi connectivity index (χ2v) is 7.51. The first kappa shape index (κ1) is 24.5. The predicted molar refractivity (Wildman–Crippen MR) is 133 cm³/mol. The van der Waals surface area contributed by atoms with Crippen molar-refractivity contribution in [2.24, 2.45) is 0 Å². The number of benzene rings is 3. The van der Waals surface area contributed by atoms with Crippen LogP contribution in [-0.2, 0) is 9.53 Å². The van der Waals surface area contributed by atoms with Gasteiger partial charge in [-0.1, -0.05) is 24.3 Å². The normalized spacial score (nSPS) is 10.3. The lowest BCUT2D eigenvalue weighted by Gasteiger charge is -2.17. The summed E-state index contributed by atoms with van der Waals surface area (Å²) in [6, 6.07) is 23.0. The standard InChI is InChI=1S/C26H28N4O4/c1-30(23-9-4-3-5-10-23)26(33)19-11-13-21(14-12-19)29-24(31)18-28-22-8-6-7-20(17-22)25(32)27-15-16-34-2/h3-14,17,28H,15-16,18H2,1-2H3,(H,27,32)(H,29,31). The zero-order valence-electron chi connectivity index (χ0n) is 19.2. The average Bonchev–Trinajstić information content (AvgIpc) is 2.88. The number of carbonyl (C=O) groups is 3. The third-order valence-corrected chi connectivity index (χ3v) is 5.03. The maximum absolute atomic E-state index is 12.7. The highest BCUT2D eigenvalue weighted by Crippen LogP contribution is 2.17. The molecule has 0 aliphatic rings. The summed E-state index contributed by atoms with van der Waals surface area (Å²) in [5, 5.41) is 8.56. The summed E-state index contributed by atoms with van der Waals surface area (Å²) in [6.45, 7) is 0.872. The van der Waals surface area contributed by atoms with Crippen LogP contribution in [0.15, 0.2) is 78.9 Å². The van der Waals surface area contributed by atoms with Gasteiger partial charge in [-0.3, -0.25) is 14.4 Å². The number of hydrogen-bond acceptors (Lipinski definition) is 5. The van der Waals surface area contributed by atoms with Gasteiger partial charge in [0, 0.05) is 48.9 Å². The van der Waals surface area contributed by atoms with Crippen LogP contribution in [0.5, 0.6) is 0 Å². The smallest absolute Gasteiger partial charge is 0.258 e. The van der Waals surface area contributed by atoms with E-state index in [0.717, 1.165) is 5.69 Å². The van der Waals surface area contributed by atoms with Crippen molar-refractivity contribution in [3.8, 4) is 0 Å². The first-order valence-corrected chi connectivity index (χ1v) is 10.8. The van der Waals surface area contributed by atoms with Crippen LogP contribution in [0.2, 0.25) is 0 Å². The van der Waals surface area contributed by atoms with E-state index in [1.165, 1.54) is 0 Å². The molecule has 8 nitrogen and oxygen atoms in total. The van der Waals surface area contributed by atoms with Crippen LogP contribution >= 0.6 is 0 Å². The summed E-state index contributed by atoms with van der Waals surface area (Å²) in [7, 11) is 3.29. The van der Waals surface area contributed by atoms with Crippen molar-refractivity contribution < 1.29 is 19.1 Å². The Kier molecular flexibility index (Phi) is 8.76. The number of ether oxygens (including phenoxy) is 1. The van der Waals surface area contributed by atoms with Gasteiger partial charge in [-0.25, -0.2) is 0 Å². The zero-order valence-corrected chi connectivity index (χ0v) is 19.2. The molecule has 0 bridgehead atoms. The van der Waals surface area contributed by atoms with E-state index in [1.54, 1.807) is 67.6 Å². The molecule has 0 saturated carbocycles. The summed E-state index contributed by atoms with van der Waals surface area (Å²) < 4.78 is 4.92. The summed E-state index contributed by atoms with van der Waals surface area (Å²) >= 11 is 0. The Morgan fingerprint density at radius 1 is 0.853 bits per heavy atom. The zero-order chi connectivity index (χ0) is 24.3. The van der Waals surface area contributed by atoms with Crippen molar-refractivity contribution in [2.75, 3.05) is 49.4 Å². The molecule has 0 radical (unpaired) electrons. The van der Waals surface area contributed by atoms with Gasteiger partial charge in [-0.15, -0.1) is 0 Å². The number of amides is 3. The van der Waals surface area contributed by atoms with E-state index < -0.39 is 0 Å². The van der Waals surface area contributed by atoms with E-state index in [4.69, 9.17) is 4.74 Å². The van der Waals surface area contributed by atoms with Crippen molar-refractivity contribution in [2.45, 2.75) is 0 Å². The highest BCUT2D eigenvalue weighted by molar-refractivity contribution is 6.06. The number of para-hydroxylation sites is 1. The van der Waals surface area contributed by atoms with Crippen molar-refractivity contribution in [3.63, 3.8) is 0 Å². The summed E-state index contributed by atoms with van der Waals surface area (Å²) in [5.74, 6) is -0.606. The van der Waals surface area contributed by atoms with Crippen molar-refractivity contribution >= 4 is 34.8 Å². The number of nitrogens with zero attached hydrogens (tertiary/aromatic N) is 1. The van der Waals surface area contributed by atoms with E-state index in [2.05, 4.69) is 16.0 Å². The van der Waals surface area contributed by atoms with Crippen molar-refractivity contribution in [1.82, 2.24) is 5.32 Å². The SMILES string of the molecule is COCCNC(=O)c1cccc(NCC(=O)Nc2ccc(C(=O)N(C)c3ccccc3)cc2)c1. The Labute approximate surface area is 198 Å². The molecule has 0 atom stereocenters. The molecular weight excluding hydrogens is 432 g/mol. The summed E-state index contributed by atoms with van der Waals surface area (Å²) in [6.07, 6.45) is 0. The molecule has 8 heteroatoms. The highest BCUT2D eigenvalue weighted by Gasteiger charge is 2.13. The van der Waals surface area contributed by atoms with Crippen LogP contribution in [0, 0.1) is 0 Å². The van der Waals surface area contributed by atoms with Crippen molar-refractivity contribution in [1.29, 1.82) is 0 Å². The van der Waals surface area contributed by atoms with Gasteiger partial charge in [0.25, 0.3) is 11.8 Å². The number of nitrogens with one attached hydrogen (secondary N) is 3. The van der Waals surface area contributed by atoms with Crippen LogP contribution in [0.25, 0.3) is 0 Å². The fourth-order valence-corrected chi connectivity index (χ4v) is 3.19. The van der Waals surface area contributed by atoms with Gasteiger partial charge in [-0.2, -0.15) is 0 Å². The van der Waals surface area contributed by atoms with E-state index in [9.17, 15) is 14.4 Å². The molecule has 3 rings (SSSR count). The Bertz CT molecular complexity index is 1120. The Morgan fingerprint density at radius 3 is 2.29 bits per heavy atom. The lowest BCUT2D eigenvalue weighted by molar-refractivity contribution is -0.114. The Hall–Kier alpha value is -4.17. The Morgan fingerprint density at radius 2 is 1.59 bits per heavy atom. The molecule has 3 aromatic carbocycles. The van der Waals surface area contributed by atoms with E-state index in [1.807, 2.05) is 30.3 Å². The van der Waals surface area contributed by atoms with E-state index in [-0.39, 0.29) is 24.3 Å². The summed E-state index contributed by atoms with van der Waals surface area (Å²) in [4.78, 5) is 38.8.